The minimum atomic E-state index is -0.959. The van der Waals surface area contributed by atoms with Crippen LogP contribution in [-0.4, -0.2) is 34.5 Å². The zero-order valence-electron chi connectivity index (χ0n) is 10.5. The first-order chi connectivity index (χ1) is 9.24. The van der Waals surface area contributed by atoms with Gasteiger partial charge in [-0.1, -0.05) is 11.2 Å². The Balaban J connectivity index is 1.71. The molecule has 19 heavy (non-hydrogen) atoms. The van der Waals surface area contributed by atoms with E-state index in [-0.39, 0.29) is 12.1 Å². The number of aromatic nitrogens is 1. The molecule has 0 bridgehead atoms. The third-order valence-corrected chi connectivity index (χ3v) is 3.10. The van der Waals surface area contributed by atoms with Crippen LogP contribution < -0.4 is 5.32 Å². The Kier molecular flexibility index (Phi) is 4.72. The van der Waals surface area contributed by atoms with Gasteiger partial charge >= 0.3 is 6.09 Å². The molecule has 1 fully saturated rings. The van der Waals surface area contributed by atoms with Crippen LogP contribution in [0.2, 0.25) is 0 Å². The number of pyridine rings is 1. The summed E-state index contributed by atoms with van der Waals surface area (Å²) in [4.78, 5) is 19.9. The molecule has 6 heteroatoms. The van der Waals surface area contributed by atoms with Crippen molar-refractivity contribution in [3.05, 3.63) is 30.1 Å². The molecule has 0 atom stereocenters. The summed E-state index contributed by atoms with van der Waals surface area (Å²) in [5, 5.41) is 15.1. The lowest BCUT2D eigenvalue weighted by atomic mass is 9.93. The van der Waals surface area contributed by atoms with Crippen LogP contribution in [-0.2, 0) is 4.84 Å². The number of carboxylic acid groups (broad SMARTS) is 1. The van der Waals surface area contributed by atoms with Gasteiger partial charge in [0.1, 0.15) is 6.10 Å². The number of nitrogens with one attached hydrogen (secondary N) is 1. The molecule has 1 amide bonds. The fourth-order valence-corrected chi connectivity index (χ4v) is 2.12. The summed E-state index contributed by atoms with van der Waals surface area (Å²) in [7, 11) is 0. The predicted octanol–water partition coefficient (Wildman–Crippen LogP) is 2.01. The number of carbonyl (C=O) groups is 1. The number of rotatable bonds is 4. The highest BCUT2D eigenvalue weighted by Gasteiger charge is 2.23. The standard InChI is InChI=1S/C13H17N3O3/c17-13(18)16-11-3-5-12(6-4-11)19-15-9-10-2-1-7-14-8-10/h1-2,7-9,11-12,16H,3-6H2,(H,17,18)/b15-9+. The van der Waals surface area contributed by atoms with E-state index in [1.807, 2.05) is 12.1 Å². The molecule has 2 rings (SSSR count). The largest absolute Gasteiger partial charge is 0.465 e. The van der Waals surface area contributed by atoms with Gasteiger partial charge in [0.2, 0.25) is 0 Å². The van der Waals surface area contributed by atoms with Crippen molar-refractivity contribution in [1.82, 2.24) is 10.3 Å². The Morgan fingerprint density at radius 2 is 2.26 bits per heavy atom. The van der Waals surface area contributed by atoms with Crippen LogP contribution in [0.1, 0.15) is 31.2 Å². The van der Waals surface area contributed by atoms with Gasteiger partial charge in [0.25, 0.3) is 0 Å². The summed E-state index contributed by atoms with van der Waals surface area (Å²) in [6.07, 6.45) is 7.37. The van der Waals surface area contributed by atoms with Crippen LogP contribution in [0.4, 0.5) is 4.79 Å². The molecule has 0 spiro atoms. The van der Waals surface area contributed by atoms with Crippen molar-refractivity contribution in [3.8, 4) is 0 Å². The Hall–Kier alpha value is -2.11. The molecule has 0 aliphatic heterocycles. The lowest BCUT2D eigenvalue weighted by Crippen LogP contribution is -2.37. The van der Waals surface area contributed by atoms with E-state index < -0.39 is 6.09 Å². The molecule has 2 N–H and O–H groups in total. The quantitative estimate of drug-likeness (QED) is 0.643. The van der Waals surface area contributed by atoms with Crippen molar-refractivity contribution >= 4 is 12.3 Å². The summed E-state index contributed by atoms with van der Waals surface area (Å²) in [6.45, 7) is 0. The Bertz CT molecular complexity index is 428. The maximum Gasteiger partial charge on any atom is 0.404 e. The van der Waals surface area contributed by atoms with E-state index in [0.717, 1.165) is 31.2 Å². The molecule has 1 aromatic rings. The Morgan fingerprint density at radius 1 is 1.47 bits per heavy atom. The molecule has 1 aliphatic carbocycles. The van der Waals surface area contributed by atoms with Gasteiger partial charge in [0.05, 0.1) is 6.21 Å². The highest BCUT2D eigenvalue weighted by Crippen LogP contribution is 2.21. The fourth-order valence-electron chi connectivity index (χ4n) is 2.12. The first kappa shape index (κ1) is 13.3. The SMILES string of the molecule is O=C(O)NC1CCC(O/N=C/c2cccnc2)CC1. The summed E-state index contributed by atoms with van der Waals surface area (Å²) in [5.41, 5.74) is 0.892. The maximum atomic E-state index is 10.5. The average Bonchev–Trinajstić information content (AvgIpc) is 2.41. The van der Waals surface area contributed by atoms with Gasteiger partial charge < -0.3 is 15.3 Å². The van der Waals surface area contributed by atoms with Gasteiger partial charge in [-0.05, 0) is 31.7 Å². The number of hydrogen-bond acceptors (Lipinski definition) is 4. The number of hydrogen-bond donors (Lipinski definition) is 2. The van der Waals surface area contributed by atoms with Crippen molar-refractivity contribution in [3.63, 3.8) is 0 Å². The highest BCUT2D eigenvalue weighted by molar-refractivity contribution is 5.78. The zero-order chi connectivity index (χ0) is 13.5. The maximum absolute atomic E-state index is 10.5. The minimum absolute atomic E-state index is 0.0413. The van der Waals surface area contributed by atoms with E-state index in [4.69, 9.17) is 9.94 Å². The molecule has 1 aliphatic rings. The summed E-state index contributed by atoms with van der Waals surface area (Å²) in [6, 6.07) is 3.78. The number of oxime groups is 1. The van der Waals surface area contributed by atoms with Crippen LogP contribution in [0, 0.1) is 0 Å². The van der Waals surface area contributed by atoms with Crippen LogP contribution in [0.25, 0.3) is 0 Å². The van der Waals surface area contributed by atoms with E-state index in [1.165, 1.54) is 0 Å². The third kappa shape index (κ3) is 4.57. The summed E-state index contributed by atoms with van der Waals surface area (Å²) < 4.78 is 0. The van der Waals surface area contributed by atoms with Crippen molar-refractivity contribution in [2.75, 3.05) is 0 Å². The summed E-state index contributed by atoms with van der Waals surface area (Å²) in [5.74, 6) is 0. The van der Waals surface area contributed by atoms with Crippen molar-refractivity contribution in [1.29, 1.82) is 0 Å². The van der Waals surface area contributed by atoms with E-state index in [0.29, 0.717) is 0 Å². The fraction of sp³-hybridized carbons (Fsp3) is 0.462. The van der Waals surface area contributed by atoms with Crippen LogP contribution in [0.3, 0.4) is 0 Å². The van der Waals surface area contributed by atoms with Crippen molar-refractivity contribution in [2.45, 2.75) is 37.8 Å². The average molecular weight is 263 g/mol. The molecule has 6 nitrogen and oxygen atoms in total. The van der Waals surface area contributed by atoms with Crippen LogP contribution >= 0.6 is 0 Å². The van der Waals surface area contributed by atoms with Crippen molar-refractivity contribution < 1.29 is 14.7 Å². The molecule has 0 unspecified atom stereocenters. The molecule has 102 valence electrons. The van der Waals surface area contributed by atoms with E-state index in [2.05, 4.69) is 15.5 Å². The second-order valence-corrected chi connectivity index (χ2v) is 4.55. The first-order valence-corrected chi connectivity index (χ1v) is 6.32. The van der Waals surface area contributed by atoms with Crippen molar-refractivity contribution in [2.24, 2.45) is 5.16 Å². The number of nitrogens with zero attached hydrogens (tertiary/aromatic N) is 2. The van der Waals surface area contributed by atoms with Gasteiger partial charge in [0, 0.05) is 24.0 Å². The van der Waals surface area contributed by atoms with E-state index in [9.17, 15) is 4.79 Å². The Morgan fingerprint density at radius 3 is 2.89 bits per heavy atom. The van der Waals surface area contributed by atoms with Crippen LogP contribution in [0.15, 0.2) is 29.7 Å². The normalized spacial score (nSPS) is 23.2. The first-order valence-electron chi connectivity index (χ1n) is 6.32. The van der Waals surface area contributed by atoms with Gasteiger partial charge in [-0.2, -0.15) is 0 Å². The third-order valence-electron chi connectivity index (χ3n) is 3.10. The second-order valence-electron chi connectivity index (χ2n) is 4.55. The van der Waals surface area contributed by atoms with Gasteiger partial charge in [-0.15, -0.1) is 0 Å². The van der Waals surface area contributed by atoms with E-state index >= 15 is 0 Å². The summed E-state index contributed by atoms with van der Waals surface area (Å²) >= 11 is 0. The van der Waals surface area contributed by atoms with Gasteiger partial charge in [-0.25, -0.2) is 4.79 Å². The molecule has 1 aromatic heterocycles. The molecule has 0 saturated heterocycles. The predicted molar refractivity (Wildman–Crippen MR) is 70.1 cm³/mol. The minimum Gasteiger partial charge on any atom is -0.465 e. The topological polar surface area (TPSA) is 83.8 Å². The molecule has 0 radical (unpaired) electrons. The zero-order valence-corrected chi connectivity index (χ0v) is 10.5. The second kappa shape index (κ2) is 6.72. The smallest absolute Gasteiger partial charge is 0.404 e. The van der Waals surface area contributed by atoms with Gasteiger partial charge in [0.15, 0.2) is 0 Å². The lowest BCUT2D eigenvalue weighted by molar-refractivity contribution is 0.0278. The molecule has 1 saturated carbocycles. The molecule has 1 heterocycles. The number of amides is 1. The Labute approximate surface area is 111 Å². The highest BCUT2D eigenvalue weighted by atomic mass is 16.6. The lowest BCUT2D eigenvalue weighted by Gasteiger charge is -2.26. The van der Waals surface area contributed by atoms with E-state index in [1.54, 1.807) is 18.6 Å². The van der Waals surface area contributed by atoms with Gasteiger partial charge in [-0.3, -0.25) is 4.98 Å². The van der Waals surface area contributed by atoms with Crippen LogP contribution in [0.5, 0.6) is 0 Å². The molecular weight excluding hydrogens is 246 g/mol. The molecular formula is C13H17N3O3. The molecule has 0 aromatic carbocycles. The monoisotopic (exact) mass is 263 g/mol.